The first-order valence-electron chi connectivity index (χ1n) is 7.72. The standard InChI is InChI=1S/C18H15Cl2N3O3/c1-9(18(25)26)22-16-15-12(11-6-5-10(19)7-13(11)20)3-2-4-14(15)23-17(16)21-8-24/h2-9,22-23H,1H3,(H,21,24)(H,25,26)/t9-/m0/s1. The lowest BCUT2D eigenvalue weighted by atomic mass is 10.0. The highest BCUT2D eigenvalue weighted by Crippen LogP contribution is 2.41. The van der Waals surface area contributed by atoms with Gasteiger partial charge in [0.25, 0.3) is 0 Å². The van der Waals surface area contributed by atoms with Crippen LogP contribution in [0.15, 0.2) is 36.4 Å². The highest BCUT2D eigenvalue weighted by molar-refractivity contribution is 6.37. The second kappa shape index (κ2) is 7.27. The fourth-order valence-electron chi connectivity index (χ4n) is 2.77. The largest absolute Gasteiger partial charge is 0.480 e. The number of benzene rings is 2. The number of amides is 1. The molecule has 0 spiro atoms. The van der Waals surface area contributed by atoms with Crippen LogP contribution in [0.3, 0.4) is 0 Å². The van der Waals surface area contributed by atoms with Gasteiger partial charge in [0.1, 0.15) is 11.9 Å². The minimum absolute atomic E-state index is 0.376. The SMILES string of the molecule is C[C@H](Nc1c(NC=O)[nH]c2cccc(-c3ccc(Cl)cc3Cl)c12)C(=O)O. The van der Waals surface area contributed by atoms with E-state index in [-0.39, 0.29) is 0 Å². The van der Waals surface area contributed by atoms with Gasteiger partial charge in [0.2, 0.25) is 6.41 Å². The van der Waals surface area contributed by atoms with Crippen LogP contribution in [0.25, 0.3) is 22.0 Å². The van der Waals surface area contributed by atoms with Crippen molar-refractivity contribution in [1.29, 1.82) is 0 Å². The van der Waals surface area contributed by atoms with Gasteiger partial charge in [-0.1, -0.05) is 41.4 Å². The Morgan fingerprint density at radius 1 is 1.23 bits per heavy atom. The second-order valence-electron chi connectivity index (χ2n) is 5.69. The lowest BCUT2D eigenvalue weighted by Crippen LogP contribution is -2.25. The highest BCUT2D eigenvalue weighted by Gasteiger charge is 2.20. The fourth-order valence-corrected chi connectivity index (χ4v) is 3.28. The Kier molecular flexibility index (Phi) is 5.06. The molecule has 0 aliphatic rings. The van der Waals surface area contributed by atoms with Gasteiger partial charge in [0.05, 0.1) is 5.69 Å². The number of hydrogen-bond acceptors (Lipinski definition) is 3. The van der Waals surface area contributed by atoms with Gasteiger partial charge in [0.15, 0.2) is 0 Å². The fraction of sp³-hybridized carbons (Fsp3) is 0.111. The number of carboxylic acids is 1. The minimum Gasteiger partial charge on any atom is -0.480 e. The van der Waals surface area contributed by atoms with Crippen LogP contribution in [0.1, 0.15) is 6.92 Å². The summed E-state index contributed by atoms with van der Waals surface area (Å²) < 4.78 is 0. The maximum atomic E-state index is 11.3. The van der Waals surface area contributed by atoms with E-state index in [0.717, 1.165) is 16.6 Å². The average molecular weight is 392 g/mol. The molecule has 1 heterocycles. The number of aromatic amines is 1. The summed E-state index contributed by atoms with van der Waals surface area (Å²) in [5.74, 6) is -0.640. The van der Waals surface area contributed by atoms with Crippen molar-refractivity contribution in [1.82, 2.24) is 4.98 Å². The Bertz CT molecular complexity index is 1000. The molecule has 0 saturated heterocycles. The molecular weight excluding hydrogens is 377 g/mol. The molecule has 1 aromatic heterocycles. The molecule has 2 aromatic carbocycles. The Hall–Kier alpha value is -2.70. The van der Waals surface area contributed by atoms with Crippen LogP contribution in [-0.2, 0) is 9.59 Å². The van der Waals surface area contributed by atoms with Crippen molar-refractivity contribution in [3.05, 3.63) is 46.4 Å². The Balaban J connectivity index is 2.27. The van der Waals surface area contributed by atoms with Gasteiger partial charge in [-0.15, -0.1) is 0 Å². The zero-order chi connectivity index (χ0) is 18.8. The third-order valence-electron chi connectivity index (χ3n) is 3.98. The molecule has 0 aliphatic carbocycles. The van der Waals surface area contributed by atoms with Crippen LogP contribution >= 0.6 is 23.2 Å². The summed E-state index contributed by atoms with van der Waals surface area (Å²) in [6.45, 7) is 1.52. The number of aliphatic carboxylic acids is 1. The quantitative estimate of drug-likeness (QED) is 0.462. The van der Waals surface area contributed by atoms with Gasteiger partial charge in [-0.25, -0.2) is 0 Å². The molecule has 1 amide bonds. The number of hydrogen-bond donors (Lipinski definition) is 4. The van der Waals surface area contributed by atoms with Crippen molar-refractivity contribution in [3.63, 3.8) is 0 Å². The van der Waals surface area contributed by atoms with Gasteiger partial charge in [0, 0.05) is 26.5 Å². The zero-order valence-electron chi connectivity index (χ0n) is 13.6. The lowest BCUT2D eigenvalue weighted by Gasteiger charge is -2.14. The monoisotopic (exact) mass is 391 g/mol. The summed E-state index contributed by atoms with van der Waals surface area (Å²) in [6, 6.07) is 9.84. The number of rotatable bonds is 6. The number of halogens is 2. The third-order valence-corrected chi connectivity index (χ3v) is 4.53. The second-order valence-corrected chi connectivity index (χ2v) is 6.54. The molecule has 0 fully saturated rings. The molecule has 6 nitrogen and oxygen atoms in total. The number of anilines is 2. The molecule has 0 bridgehead atoms. The molecule has 4 N–H and O–H groups in total. The molecule has 0 radical (unpaired) electrons. The number of H-pyrrole nitrogens is 1. The van der Waals surface area contributed by atoms with E-state index < -0.39 is 12.0 Å². The first-order valence-corrected chi connectivity index (χ1v) is 8.47. The number of carboxylic acid groups (broad SMARTS) is 1. The number of nitrogens with one attached hydrogen (secondary N) is 3. The molecule has 0 aliphatic heterocycles. The van der Waals surface area contributed by atoms with Gasteiger partial charge in [-0.3, -0.25) is 9.59 Å². The third kappa shape index (κ3) is 3.34. The van der Waals surface area contributed by atoms with Crippen molar-refractivity contribution in [2.75, 3.05) is 10.6 Å². The Morgan fingerprint density at radius 2 is 2.00 bits per heavy atom. The van der Waals surface area contributed by atoms with Crippen LogP contribution in [0.4, 0.5) is 11.5 Å². The molecular formula is C18H15Cl2N3O3. The van der Waals surface area contributed by atoms with E-state index in [1.54, 1.807) is 18.2 Å². The van der Waals surface area contributed by atoms with E-state index in [9.17, 15) is 14.7 Å². The normalized spacial score (nSPS) is 12.0. The molecule has 1 atom stereocenters. The smallest absolute Gasteiger partial charge is 0.325 e. The van der Waals surface area contributed by atoms with Gasteiger partial charge < -0.3 is 20.7 Å². The number of carbonyl (C=O) groups excluding carboxylic acids is 1. The minimum atomic E-state index is -1.02. The van der Waals surface area contributed by atoms with Crippen molar-refractivity contribution in [3.8, 4) is 11.1 Å². The summed E-state index contributed by atoms with van der Waals surface area (Å²) >= 11 is 12.3. The molecule has 26 heavy (non-hydrogen) atoms. The summed E-state index contributed by atoms with van der Waals surface area (Å²) in [7, 11) is 0. The van der Waals surface area contributed by atoms with Gasteiger partial charge in [-0.05, 0) is 30.7 Å². The topological polar surface area (TPSA) is 94.2 Å². The van der Waals surface area contributed by atoms with Crippen molar-refractivity contribution in [2.24, 2.45) is 0 Å². The van der Waals surface area contributed by atoms with Crippen LogP contribution in [-0.4, -0.2) is 28.5 Å². The number of fused-ring (bicyclic) bond motifs is 1. The summed E-state index contributed by atoms with van der Waals surface area (Å²) in [6.07, 6.45) is 0.524. The molecule has 3 aromatic rings. The van der Waals surface area contributed by atoms with E-state index in [4.69, 9.17) is 23.2 Å². The van der Waals surface area contributed by atoms with Crippen LogP contribution in [0.5, 0.6) is 0 Å². The molecule has 3 rings (SSSR count). The number of aromatic nitrogens is 1. The van der Waals surface area contributed by atoms with Gasteiger partial charge in [-0.2, -0.15) is 0 Å². The summed E-state index contributed by atoms with van der Waals surface area (Å²) in [4.78, 5) is 25.3. The maximum absolute atomic E-state index is 11.3. The first-order chi connectivity index (χ1) is 12.4. The predicted molar refractivity (Wildman–Crippen MR) is 104 cm³/mol. The molecule has 0 saturated carbocycles. The highest BCUT2D eigenvalue weighted by atomic mass is 35.5. The van der Waals surface area contributed by atoms with Gasteiger partial charge >= 0.3 is 5.97 Å². The Labute approximate surface area is 159 Å². The molecule has 0 unspecified atom stereocenters. The zero-order valence-corrected chi connectivity index (χ0v) is 15.2. The first kappa shape index (κ1) is 18.1. The lowest BCUT2D eigenvalue weighted by molar-refractivity contribution is -0.137. The number of carbonyl (C=O) groups is 2. The van der Waals surface area contributed by atoms with Crippen LogP contribution in [0.2, 0.25) is 10.0 Å². The van der Waals surface area contributed by atoms with E-state index in [1.165, 1.54) is 6.92 Å². The van der Waals surface area contributed by atoms with E-state index in [0.29, 0.717) is 33.3 Å². The van der Waals surface area contributed by atoms with E-state index in [2.05, 4.69) is 15.6 Å². The predicted octanol–water partition coefficient (Wildman–Crippen LogP) is 4.60. The summed E-state index contributed by atoms with van der Waals surface area (Å²) in [5.41, 5.74) is 2.71. The van der Waals surface area contributed by atoms with E-state index in [1.807, 2.05) is 18.2 Å². The van der Waals surface area contributed by atoms with E-state index >= 15 is 0 Å². The maximum Gasteiger partial charge on any atom is 0.325 e. The van der Waals surface area contributed by atoms with Crippen molar-refractivity contribution < 1.29 is 14.7 Å². The average Bonchev–Trinajstić information content (AvgIpc) is 2.93. The Morgan fingerprint density at radius 3 is 2.65 bits per heavy atom. The summed E-state index contributed by atoms with van der Waals surface area (Å²) in [5, 5.41) is 16.4. The van der Waals surface area contributed by atoms with Crippen molar-refractivity contribution >= 4 is 58.0 Å². The van der Waals surface area contributed by atoms with Crippen LogP contribution < -0.4 is 10.6 Å². The van der Waals surface area contributed by atoms with Crippen molar-refractivity contribution in [2.45, 2.75) is 13.0 Å². The van der Waals surface area contributed by atoms with Crippen LogP contribution in [0, 0.1) is 0 Å². The molecule has 8 heteroatoms. The molecule has 134 valence electrons.